The van der Waals surface area contributed by atoms with Crippen LogP contribution in [0.15, 0.2) is 36.4 Å². The van der Waals surface area contributed by atoms with Crippen molar-refractivity contribution < 1.29 is 14.3 Å². The lowest BCUT2D eigenvalue weighted by atomic mass is 10.2. The van der Waals surface area contributed by atoms with Gasteiger partial charge in [0.1, 0.15) is 23.4 Å². The molecule has 7 nitrogen and oxygen atoms in total. The average Bonchev–Trinajstić information content (AvgIpc) is 2.94. The van der Waals surface area contributed by atoms with Crippen molar-refractivity contribution in [1.82, 2.24) is 15.0 Å². The zero-order valence-electron chi connectivity index (χ0n) is 13.7. The van der Waals surface area contributed by atoms with Crippen LogP contribution in [-0.2, 0) is 18.4 Å². The fraction of sp³-hybridized carbons (Fsp3) is 0.235. The van der Waals surface area contributed by atoms with Crippen LogP contribution in [0.2, 0.25) is 0 Å². The molecular weight excluding hydrogens is 308 g/mol. The standard InChI is InChI=1S/C17H18N4O3/c1-11-8-13(5-7-14(11)18-17(22)23-3)24-10-12-4-6-15-16(9-12)20-21(2)19-15/h4-9H,10H2,1-3H3,(H,18,22). The van der Waals surface area contributed by atoms with Crippen molar-refractivity contribution in [3.63, 3.8) is 0 Å². The molecule has 1 aromatic heterocycles. The number of carbonyl (C=O) groups is 1. The molecule has 0 fully saturated rings. The molecule has 24 heavy (non-hydrogen) atoms. The van der Waals surface area contributed by atoms with Crippen LogP contribution < -0.4 is 10.1 Å². The molecule has 0 unspecified atom stereocenters. The Balaban J connectivity index is 1.69. The minimum Gasteiger partial charge on any atom is -0.489 e. The molecule has 0 radical (unpaired) electrons. The molecule has 1 amide bonds. The molecule has 0 atom stereocenters. The summed E-state index contributed by atoms with van der Waals surface area (Å²) in [5, 5.41) is 11.2. The molecule has 124 valence electrons. The average molecular weight is 326 g/mol. The second kappa shape index (κ2) is 6.57. The highest BCUT2D eigenvalue weighted by Crippen LogP contribution is 2.22. The maximum atomic E-state index is 11.3. The van der Waals surface area contributed by atoms with Gasteiger partial charge in [0.15, 0.2) is 0 Å². The van der Waals surface area contributed by atoms with E-state index in [0.29, 0.717) is 12.3 Å². The Labute approximate surface area is 139 Å². The van der Waals surface area contributed by atoms with E-state index in [1.807, 2.05) is 31.2 Å². The molecular formula is C17H18N4O3. The summed E-state index contributed by atoms with van der Waals surface area (Å²) in [4.78, 5) is 12.8. The number of aromatic nitrogens is 3. The van der Waals surface area contributed by atoms with Crippen molar-refractivity contribution >= 4 is 22.8 Å². The Bertz CT molecular complexity index is 889. The van der Waals surface area contributed by atoms with E-state index in [2.05, 4.69) is 20.3 Å². The predicted molar refractivity (Wildman–Crippen MR) is 90.0 cm³/mol. The van der Waals surface area contributed by atoms with E-state index in [4.69, 9.17) is 4.74 Å². The highest BCUT2D eigenvalue weighted by molar-refractivity contribution is 5.85. The van der Waals surface area contributed by atoms with Crippen LogP contribution in [-0.4, -0.2) is 28.2 Å². The lowest BCUT2D eigenvalue weighted by Crippen LogP contribution is -2.11. The summed E-state index contributed by atoms with van der Waals surface area (Å²) in [5.41, 5.74) is 4.29. The van der Waals surface area contributed by atoms with Crippen LogP contribution in [0.1, 0.15) is 11.1 Å². The van der Waals surface area contributed by atoms with Gasteiger partial charge >= 0.3 is 6.09 Å². The van der Waals surface area contributed by atoms with Gasteiger partial charge in [0.05, 0.1) is 7.11 Å². The SMILES string of the molecule is COC(=O)Nc1ccc(OCc2ccc3nn(C)nc3c2)cc1C. The smallest absolute Gasteiger partial charge is 0.411 e. The van der Waals surface area contributed by atoms with E-state index in [9.17, 15) is 4.79 Å². The largest absolute Gasteiger partial charge is 0.489 e. The summed E-state index contributed by atoms with van der Waals surface area (Å²) in [5.74, 6) is 0.724. The third-order valence-electron chi connectivity index (χ3n) is 3.57. The monoisotopic (exact) mass is 326 g/mol. The number of hydrogen-bond donors (Lipinski definition) is 1. The first-order valence-corrected chi connectivity index (χ1v) is 7.43. The van der Waals surface area contributed by atoms with Crippen molar-refractivity contribution in [2.75, 3.05) is 12.4 Å². The van der Waals surface area contributed by atoms with Crippen LogP contribution >= 0.6 is 0 Å². The van der Waals surface area contributed by atoms with Crippen molar-refractivity contribution in [3.8, 4) is 5.75 Å². The number of carbonyl (C=O) groups excluding carboxylic acids is 1. The Morgan fingerprint density at radius 2 is 1.96 bits per heavy atom. The topological polar surface area (TPSA) is 78.3 Å². The van der Waals surface area contributed by atoms with Crippen molar-refractivity contribution in [2.45, 2.75) is 13.5 Å². The van der Waals surface area contributed by atoms with Crippen molar-refractivity contribution in [3.05, 3.63) is 47.5 Å². The van der Waals surface area contributed by atoms with Crippen molar-refractivity contribution in [2.24, 2.45) is 7.05 Å². The van der Waals surface area contributed by atoms with Gasteiger partial charge in [0, 0.05) is 12.7 Å². The fourth-order valence-electron chi connectivity index (χ4n) is 2.35. The number of hydrogen-bond acceptors (Lipinski definition) is 5. The number of nitrogens with zero attached hydrogens (tertiary/aromatic N) is 3. The number of aryl methyl sites for hydroxylation is 2. The first kappa shape index (κ1) is 15.8. The molecule has 3 aromatic rings. The van der Waals surface area contributed by atoms with Gasteiger partial charge < -0.3 is 9.47 Å². The fourth-order valence-corrected chi connectivity index (χ4v) is 2.35. The van der Waals surface area contributed by atoms with Crippen molar-refractivity contribution in [1.29, 1.82) is 0 Å². The van der Waals surface area contributed by atoms with E-state index < -0.39 is 6.09 Å². The van der Waals surface area contributed by atoms with Crippen LogP contribution in [0.25, 0.3) is 11.0 Å². The molecule has 3 rings (SSSR count). The van der Waals surface area contributed by atoms with E-state index in [-0.39, 0.29) is 0 Å². The highest BCUT2D eigenvalue weighted by Gasteiger charge is 2.06. The maximum Gasteiger partial charge on any atom is 0.411 e. The number of nitrogens with one attached hydrogen (secondary N) is 1. The summed E-state index contributed by atoms with van der Waals surface area (Å²) in [6.07, 6.45) is -0.496. The number of ether oxygens (including phenoxy) is 2. The van der Waals surface area contributed by atoms with E-state index >= 15 is 0 Å². The van der Waals surface area contributed by atoms with Gasteiger partial charge in [-0.15, -0.1) is 0 Å². The quantitative estimate of drug-likeness (QED) is 0.797. The molecule has 2 aromatic carbocycles. The van der Waals surface area contributed by atoms with Gasteiger partial charge in [-0.05, 0) is 48.4 Å². The number of rotatable bonds is 4. The van der Waals surface area contributed by atoms with Gasteiger partial charge in [0.2, 0.25) is 0 Å². The molecule has 0 aliphatic carbocycles. The summed E-state index contributed by atoms with van der Waals surface area (Å²) >= 11 is 0. The Morgan fingerprint density at radius 3 is 2.71 bits per heavy atom. The molecule has 7 heteroatoms. The normalized spacial score (nSPS) is 10.6. The zero-order valence-corrected chi connectivity index (χ0v) is 13.7. The first-order chi connectivity index (χ1) is 11.5. The molecule has 0 saturated carbocycles. The van der Waals surface area contributed by atoms with E-state index in [0.717, 1.165) is 27.9 Å². The molecule has 0 aliphatic heterocycles. The Hall–Kier alpha value is -3.09. The number of amides is 1. The van der Waals surface area contributed by atoms with Gasteiger partial charge in [-0.2, -0.15) is 15.0 Å². The van der Waals surface area contributed by atoms with Crippen LogP contribution in [0.4, 0.5) is 10.5 Å². The van der Waals surface area contributed by atoms with Crippen LogP contribution in [0, 0.1) is 6.92 Å². The number of anilines is 1. The zero-order chi connectivity index (χ0) is 17.1. The van der Waals surface area contributed by atoms with Gasteiger partial charge in [0.25, 0.3) is 0 Å². The Kier molecular flexibility index (Phi) is 4.33. The first-order valence-electron chi connectivity index (χ1n) is 7.43. The predicted octanol–water partition coefficient (Wildman–Crippen LogP) is 3.03. The minimum atomic E-state index is -0.496. The molecule has 0 aliphatic rings. The molecule has 0 saturated heterocycles. The second-order valence-electron chi connectivity index (χ2n) is 5.39. The lowest BCUT2D eigenvalue weighted by molar-refractivity contribution is 0.187. The minimum absolute atomic E-state index is 0.426. The van der Waals surface area contributed by atoms with Gasteiger partial charge in [-0.1, -0.05) is 6.07 Å². The van der Waals surface area contributed by atoms with Crippen LogP contribution in [0.3, 0.4) is 0 Å². The van der Waals surface area contributed by atoms with Crippen LogP contribution in [0.5, 0.6) is 5.75 Å². The Morgan fingerprint density at radius 1 is 1.17 bits per heavy atom. The summed E-state index contributed by atoms with van der Waals surface area (Å²) in [7, 11) is 3.12. The summed E-state index contributed by atoms with van der Waals surface area (Å²) in [6.45, 7) is 2.32. The summed E-state index contributed by atoms with van der Waals surface area (Å²) < 4.78 is 10.4. The maximum absolute atomic E-state index is 11.3. The van der Waals surface area contributed by atoms with Gasteiger partial charge in [-0.25, -0.2) is 4.79 Å². The molecule has 1 N–H and O–H groups in total. The third kappa shape index (κ3) is 3.45. The summed E-state index contributed by atoms with van der Waals surface area (Å²) in [6, 6.07) is 11.3. The van der Waals surface area contributed by atoms with Gasteiger partial charge in [-0.3, -0.25) is 5.32 Å². The highest BCUT2D eigenvalue weighted by atomic mass is 16.5. The second-order valence-corrected chi connectivity index (χ2v) is 5.39. The lowest BCUT2D eigenvalue weighted by Gasteiger charge is -2.11. The molecule has 0 bridgehead atoms. The van der Waals surface area contributed by atoms with E-state index in [1.165, 1.54) is 7.11 Å². The number of methoxy groups -OCH3 is 1. The number of benzene rings is 2. The number of fused-ring (bicyclic) bond motifs is 1. The third-order valence-corrected chi connectivity index (χ3v) is 3.57. The molecule has 0 spiro atoms. The van der Waals surface area contributed by atoms with E-state index in [1.54, 1.807) is 24.0 Å². The molecule has 1 heterocycles.